The number of alkyl halides is 3. The Balaban J connectivity index is 1.32. The number of aromatic nitrogens is 2. The number of nitrogens with one attached hydrogen (secondary N) is 1. The third-order valence-corrected chi connectivity index (χ3v) is 8.91. The SMILES string of the molecule is COCc1csc(C(c2cccc(NCc3ncc(CN4CCC[C@H](C)C4)cc3C(F)(F)F)c2)C2CCC2)n1. The molecule has 3 aromatic rings. The molecule has 5 rings (SSSR count). The molecule has 1 saturated carbocycles. The number of methoxy groups -OCH3 is 1. The van der Waals surface area contributed by atoms with Gasteiger partial charge in [-0.3, -0.25) is 9.88 Å². The molecule has 2 aromatic heterocycles. The van der Waals surface area contributed by atoms with Crippen LogP contribution in [0.3, 0.4) is 0 Å². The van der Waals surface area contributed by atoms with Gasteiger partial charge in [0.2, 0.25) is 0 Å². The fraction of sp³-hybridized carbons (Fsp3) is 0.533. The molecule has 1 saturated heterocycles. The van der Waals surface area contributed by atoms with Crippen molar-refractivity contribution < 1.29 is 17.9 Å². The van der Waals surface area contributed by atoms with Crippen LogP contribution in [0.2, 0.25) is 0 Å². The first kappa shape index (κ1) is 28.1. The van der Waals surface area contributed by atoms with Crippen molar-refractivity contribution in [2.45, 2.75) is 70.8 Å². The standard InChI is InChI=1S/C30H37F3N4OS/c1-20-6-5-11-37(16-20)17-21-12-26(30(31,32)33)27(35-14-21)15-34-24-10-4-9-23(13-24)28(22-7-3-8-22)29-36-25(18-38-2)19-39-29/h4,9-10,12-14,19-20,22,28,34H,3,5-8,11,15-18H2,1-2H3/t20-,28?/m0/s1. The van der Waals surface area contributed by atoms with Gasteiger partial charge in [0.15, 0.2) is 0 Å². The molecule has 39 heavy (non-hydrogen) atoms. The summed E-state index contributed by atoms with van der Waals surface area (Å²) >= 11 is 1.65. The number of ether oxygens (including phenoxy) is 1. The van der Waals surface area contributed by atoms with E-state index in [1.165, 1.54) is 18.9 Å². The lowest BCUT2D eigenvalue weighted by atomic mass is 9.73. The van der Waals surface area contributed by atoms with Gasteiger partial charge < -0.3 is 10.1 Å². The summed E-state index contributed by atoms with van der Waals surface area (Å²) in [6.45, 7) is 5.02. The fourth-order valence-electron chi connectivity index (χ4n) is 5.79. The van der Waals surface area contributed by atoms with Crippen LogP contribution < -0.4 is 5.32 Å². The average Bonchev–Trinajstić information content (AvgIpc) is 3.33. The number of hydrogen-bond acceptors (Lipinski definition) is 6. The molecule has 2 atom stereocenters. The van der Waals surface area contributed by atoms with E-state index >= 15 is 0 Å². The maximum atomic E-state index is 14.0. The zero-order valence-corrected chi connectivity index (χ0v) is 23.5. The van der Waals surface area contributed by atoms with Gasteiger partial charge in [0, 0.05) is 43.4 Å². The van der Waals surface area contributed by atoms with Gasteiger partial charge in [-0.2, -0.15) is 13.2 Å². The van der Waals surface area contributed by atoms with Gasteiger partial charge >= 0.3 is 6.18 Å². The van der Waals surface area contributed by atoms with Crippen LogP contribution in [-0.4, -0.2) is 35.1 Å². The molecule has 1 aromatic carbocycles. The van der Waals surface area contributed by atoms with E-state index in [4.69, 9.17) is 9.72 Å². The minimum absolute atomic E-state index is 0.00264. The van der Waals surface area contributed by atoms with Crippen molar-refractivity contribution in [3.05, 3.63) is 75.0 Å². The summed E-state index contributed by atoms with van der Waals surface area (Å²) < 4.78 is 47.4. The third kappa shape index (κ3) is 6.99. The van der Waals surface area contributed by atoms with Crippen LogP contribution in [0.1, 0.15) is 78.0 Å². The lowest BCUT2D eigenvalue weighted by molar-refractivity contribution is -0.138. The van der Waals surface area contributed by atoms with Crippen LogP contribution >= 0.6 is 11.3 Å². The number of likely N-dealkylation sites (tertiary alicyclic amines) is 1. The lowest BCUT2D eigenvalue weighted by Gasteiger charge is -2.33. The quantitative estimate of drug-likeness (QED) is 0.280. The van der Waals surface area contributed by atoms with E-state index in [-0.39, 0.29) is 18.2 Å². The first-order valence-electron chi connectivity index (χ1n) is 13.8. The number of halogens is 3. The maximum Gasteiger partial charge on any atom is 0.418 e. The van der Waals surface area contributed by atoms with E-state index in [0.717, 1.165) is 54.3 Å². The third-order valence-electron chi connectivity index (χ3n) is 7.93. The fourth-order valence-corrected chi connectivity index (χ4v) is 6.82. The maximum absolute atomic E-state index is 14.0. The van der Waals surface area contributed by atoms with Crippen molar-refractivity contribution in [3.63, 3.8) is 0 Å². The Kier molecular flexibility index (Phi) is 8.89. The largest absolute Gasteiger partial charge is 0.418 e. The highest BCUT2D eigenvalue weighted by Gasteiger charge is 2.35. The molecule has 5 nitrogen and oxygen atoms in total. The number of pyridine rings is 1. The Morgan fingerprint density at radius 3 is 2.74 bits per heavy atom. The summed E-state index contributed by atoms with van der Waals surface area (Å²) in [5.41, 5.74) is 2.82. The van der Waals surface area contributed by atoms with Gasteiger partial charge in [-0.25, -0.2) is 4.98 Å². The summed E-state index contributed by atoms with van der Waals surface area (Å²) in [4.78, 5) is 11.4. The van der Waals surface area contributed by atoms with Gasteiger partial charge in [-0.15, -0.1) is 11.3 Å². The zero-order valence-electron chi connectivity index (χ0n) is 22.6. The molecule has 1 unspecified atom stereocenters. The molecule has 0 bridgehead atoms. The van der Waals surface area contributed by atoms with Gasteiger partial charge in [0.05, 0.1) is 30.1 Å². The summed E-state index contributed by atoms with van der Waals surface area (Å²) in [7, 11) is 1.67. The Labute approximate surface area is 232 Å². The topological polar surface area (TPSA) is 50.3 Å². The summed E-state index contributed by atoms with van der Waals surface area (Å²) in [6.07, 6.45) is 2.93. The van der Waals surface area contributed by atoms with Crippen molar-refractivity contribution in [2.24, 2.45) is 11.8 Å². The van der Waals surface area contributed by atoms with Gasteiger partial charge in [0.25, 0.3) is 0 Å². The second-order valence-electron chi connectivity index (χ2n) is 11.1. The monoisotopic (exact) mass is 558 g/mol. The first-order chi connectivity index (χ1) is 18.8. The average molecular weight is 559 g/mol. The number of piperidine rings is 1. The van der Waals surface area contributed by atoms with E-state index in [0.29, 0.717) is 30.6 Å². The van der Waals surface area contributed by atoms with Gasteiger partial charge in [-0.1, -0.05) is 25.5 Å². The second-order valence-corrected chi connectivity index (χ2v) is 12.0. The summed E-state index contributed by atoms with van der Waals surface area (Å²) in [5.74, 6) is 1.27. The van der Waals surface area contributed by atoms with Crippen molar-refractivity contribution in [1.29, 1.82) is 0 Å². The van der Waals surface area contributed by atoms with Crippen molar-refractivity contribution in [1.82, 2.24) is 14.9 Å². The molecule has 0 amide bonds. The molecule has 1 aliphatic heterocycles. The van der Waals surface area contributed by atoms with Crippen LogP contribution in [0.15, 0.2) is 41.9 Å². The molecule has 210 valence electrons. The van der Waals surface area contributed by atoms with E-state index in [1.807, 2.05) is 17.5 Å². The number of thiazole rings is 1. The number of benzene rings is 1. The molecule has 1 aliphatic carbocycles. The first-order valence-corrected chi connectivity index (χ1v) is 14.7. The molecular weight excluding hydrogens is 521 g/mol. The molecule has 0 spiro atoms. The highest BCUT2D eigenvalue weighted by atomic mass is 32.1. The lowest BCUT2D eigenvalue weighted by Crippen LogP contribution is -2.33. The molecule has 2 aliphatic rings. The highest BCUT2D eigenvalue weighted by molar-refractivity contribution is 7.09. The minimum Gasteiger partial charge on any atom is -0.379 e. The Bertz CT molecular complexity index is 1240. The molecular formula is C30H37F3N4OS. The Hall–Kier alpha value is -2.49. The number of rotatable bonds is 10. The summed E-state index contributed by atoms with van der Waals surface area (Å²) in [5, 5.41) is 6.34. The molecule has 3 heterocycles. The molecule has 9 heteroatoms. The number of nitrogens with zero attached hydrogens (tertiary/aromatic N) is 3. The molecule has 2 fully saturated rings. The second kappa shape index (κ2) is 12.4. The van der Waals surface area contributed by atoms with Crippen LogP contribution in [0.5, 0.6) is 0 Å². The van der Waals surface area contributed by atoms with Crippen LogP contribution in [0, 0.1) is 11.8 Å². The highest BCUT2D eigenvalue weighted by Crippen LogP contribution is 2.44. The van der Waals surface area contributed by atoms with E-state index in [9.17, 15) is 13.2 Å². The molecule has 0 radical (unpaired) electrons. The number of hydrogen-bond donors (Lipinski definition) is 1. The van der Waals surface area contributed by atoms with E-state index in [1.54, 1.807) is 24.6 Å². The van der Waals surface area contributed by atoms with E-state index in [2.05, 4.69) is 34.3 Å². The van der Waals surface area contributed by atoms with Crippen LogP contribution in [0.25, 0.3) is 0 Å². The normalized spacial score (nSPS) is 19.6. The zero-order chi connectivity index (χ0) is 27.4. The summed E-state index contributed by atoms with van der Waals surface area (Å²) in [6, 6.07) is 9.31. The minimum atomic E-state index is -4.46. The smallest absolute Gasteiger partial charge is 0.379 e. The predicted octanol–water partition coefficient (Wildman–Crippen LogP) is 7.48. The Morgan fingerprint density at radius 1 is 1.18 bits per heavy atom. The molecule has 1 N–H and O–H groups in total. The van der Waals surface area contributed by atoms with Crippen molar-refractivity contribution in [3.8, 4) is 0 Å². The van der Waals surface area contributed by atoms with Crippen molar-refractivity contribution >= 4 is 17.0 Å². The predicted molar refractivity (Wildman–Crippen MR) is 149 cm³/mol. The van der Waals surface area contributed by atoms with Crippen LogP contribution in [0.4, 0.5) is 18.9 Å². The van der Waals surface area contributed by atoms with Crippen molar-refractivity contribution in [2.75, 3.05) is 25.5 Å². The van der Waals surface area contributed by atoms with Gasteiger partial charge in [-0.05, 0) is 73.4 Å². The van der Waals surface area contributed by atoms with E-state index < -0.39 is 11.7 Å². The number of anilines is 1. The Morgan fingerprint density at radius 2 is 2.03 bits per heavy atom. The van der Waals surface area contributed by atoms with Gasteiger partial charge in [0.1, 0.15) is 5.01 Å². The van der Waals surface area contributed by atoms with Crippen LogP contribution in [-0.2, 0) is 30.6 Å².